The first-order chi connectivity index (χ1) is 41.5. The molecule has 0 aromatic carbocycles. The van der Waals surface area contributed by atoms with E-state index in [1.54, 1.807) is 0 Å². The highest BCUT2D eigenvalue weighted by atomic mass is 31.2. The highest BCUT2D eigenvalue weighted by molar-refractivity contribution is 7.47. The Kier molecular flexibility index (Phi) is 59.2. The van der Waals surface area contributed by atoms with Crippen LogP contribution in [0.1, 0.15) is 343 Å². The van der Waals surface area contributed by atoms with E-state index >= 15 is 0 Å². The largest absolute Gasteiger partial charge is 0.472 e. The number of carbonyl (C=O) groups excluding carboxylic acids is 4. The third-order valence-corrected chi connectivity index (χ3v) is 17.4. The number of aliphatic hydroxyl groups is 1. The predicted octanol–water partition coefficient (Wildman–Crippen LogP) is 19.0. The zero-order valence-electron chi connectivity index (χ0n) is 55.4. The molecule has 510 valence electrons. The van der Waals surface area contributed by atoms with Crippen molar-refractivity contribution >= 4 is 39.5 Å². The van der Waals surface area contributed by atoms with Crippen molar-refractivity contribution < 1.29 is 80.2 Å². The van der Waals surface area contributed by atoms with Gasteiger partial charge in [0.15, 0.2) is 12.2 Å². The smallest absolute Gasteiger partial charge is 0.462 e. The van der Waals surface area contributed by atoms with Crippen LogP contribution in [0.25, 0.3) is 0 Å². The average Bonchev–Trinajstić information content (AvgIpc) is 3.69. The minimum absolute atomic E-state index is 0.107. The number of aliphatic hydroxyl groups excluding tert-OH is 1. The highest BCUT2D eigenvalue weighted by Crippen LogP contribution is 2.45. The lowest BCUT2D eigenvalue weighted by molar-refractivity contribution is -0.161. The fourth-order valence-electron chi connectivity index (χ4n) is 10.1. The summed E-state index contributed by atoms with van der Waals surface area (Å²) >= 11 is 0. The van der Waals surface area contributed by atoms with Crippen LogP contribution in [0.4, 0.5) is 0 Å². The van der Waals surface area contributed by atoms with Crippen LogP contribution in [0, 0.1) is 5.92 Å². The minimum Gasteiger partial charge on any atom is -0.462 e. The number of hydrogen-bond donors (Lipinski definition) is 3. The Labute approximate surface area is 524 Å². The van der Waals surface area contributed by atoms with E-state index in [-0.39, 0.29) is 25.7 Å². The molecule has 86 heavy (non-hydrogen) atoms. The third kappa shape index (κ3) is 60.9. The van der Waals surface area contributed by atoms with Crippen molar-refractivity contribution in [3.8, 4) is 0 Å². The number of rotatable bonds is 67. The summed E-state index contributed by atoms with van der Waals surface area (Å²) in [7, 11) is -9.89. The first-order valence-electron chi connectivity index (χ1n) is 35.1. The Balaban J connectivity index is 5.21. The Morgan fingerprint density at radius 3 is 0.791 bits per heavy atom. The van der Waals surface area contributed by atoms with Crippen molar-refractivity contribution in [2.45, 2.75) is 361 Å². The Morgan fingerprint density at radius 2 is 0.535 bits per heavy atom. The second-order valence-corrected chi connectivity index (χ2v) is 27.6. The first-order valence-corrected chi connectivity index (χ1v) is 38.1. The van der Waals surface area contributed by atoms with Crippen molar-refractivity contribution in [3.05, 3.63) is 0 Å². The van der Waals surface area contributed by atoms with Gasteiger partial charge in [-0.05, 0) is 31.6 Å². The van der Waals surface area contributed by atoms with E-state index in [1.165, 1.54) is 154 Å². The van der Waals surface area contributed by atoms with Crippen LogP contribution in [0.15, 0.2) is 0 Å². The summed E-state index contributed by atoms with van der Waals surface area (Å²) in [4.78, 5) is 72.3. The molecule has 0 aromatic rings. The molecule has 0 aromatic heterocycles. The number of phosphoric ester groups is 2. The molecule has 2 unspecified atom stereocenters. The van der Waals surface area contributed by atoms with E-state index in [1.807, 2.05) is 0 Å². The minimum atomic E-state index is -4.95. The zero-order chi connectivity index (χ0) is 63.5. The van der Waals surface area contributed by atoms with E-state index in [4.69, 9.17) is 37.0 Å². The van der Waals surface area contributed by atoms with Crippen LogP contribution in [0.2, 0.25) is 0 Å². The van der Waals surface area contributed by atoms with Gasteiger partial charge in [0.05, 0.1) is 26.4 Å². The van der Waals surface area contributed by atoms with Crippen LogP contribution in [0.3, 0.4) is 0 Å². The normalized spacial score (nSPS) is 14.2. The molecule has 19 heteroatoms. The van der Waals surface area contributed by atoms with E-state index in [2.05, 4.69) is 34.6 Å². The quantitative estimate of drug-likeness (QED) is 0.0222. The van der Waals surface area contributed by atoms with Gasteiger partial charge in [0.2, 0.25) is 0 Å². The van der Waals surface area contributed by atoms with Crippen LogP contribution < -0.4 is 0 Å². The standard InChI is InChI=1S/C67H130O17P2/c1-6-9-12-15-18-20-22-27-31-36-41-46-51-65(70)78-57-63(84-67(72)53-48-43-38-33-29-25-24-26-30-35-39-44-49-60(4)5)59-82-86(75,76)80-55-61(68)54-79-85(73,74)81-58-62(56-77-64(69)50-45-40-34-17-14-11-8-3)83-66(71)52-47-42-37-32-28-23-21-19-16-13-10-7-2/h60-63,68H,6-59H2,1-5H3,(H,73,74)(H,75,76)/t61-,62+,63+/m0/s1. The van der Waals surface area contributed by atoms with Gasteiger partial charge in [-0.1, -0.05) is 291 Å². The topological polar surface area (TPSA) is 237 Å². The van der Waals surface area contributed by atoms with Gasteiger partial charge < -0.3 is 33.8 Å². The second kappa shape index (κ2) is 60.6. The number of unbranched alkanes of at least 4 members (excludes halogenated alkanes) is 39. The van der Waals surface area contributed by atoms with Gasteiger partial charge in [-0.15, -0.1) is 0 Å². The summed E-state index contributed by atoms with van der Waals surface area (Å²) in [6.45, 7) is 7.20. The summed E-state index contributed by atoms with van der Waals surface area (Å²) in [5, 5.41) is 10.6. The predicted molar refractivity (Wildman–Crippen MR) is 345 cm³/mol. The van der Waals surface area contributed by atoms with Crippen molar-refractivity contribution in [1.29, 1.82) is 0 Å². The van der Waals surface area contributed by atoms with Gasteiger partial charge in [0, 0.05) is 25.7 Å². The average molecular weight is 1270 g/mol. The van der Waals surface area contributed by atoms with Gasteiger partial charge in [-0.25, -0.2) is 9.13 Å². The summed E-state index contributed by atoms with van der Waals surface area (Å²) in [6.07, 6.45) is 45.8. The molecule has 0 bridgehead atoms. The molecule has 0 radical (unpaired) electrons. The summed E-state index contributed by atoms with van der Waals surface area (Å²) in [6, 6.07) is 0. The molecular formula is C67H130O17P2. The number of esters is 4. The molecular weight excluding hydrogens is 1140 g/mol. The molecule has 0 saturated carbocycles. The lowest BCUT2D eigenvalue weighted by Crippen LogP contribution is -2.30. The van der Waals surface area contributed by atoms with E-state index < -0.39 is 97.5 Å². The molecule has 0 aliphatic carbocycles. The summed E-state index contributed by atoms with van der Waals surface area (Å²) < 4.78 is 68.1. The molecule has 0 fully saturated rings. The van der Waals surface area contributed by atoms with Crippen molar-refractivity contribution in [2.24, 2.45) is 5.92 Å². The molecule has 0 aliphatic heterocycles. The van der Waals surface area contributed by atoms with Gasteiger partial charge in [-0.3, -0.25) is 37.3 Å². The number of hydrogen-bond acceptors (Lipinski definition) is 15. The Bertz CT molecular complexity index is 1670. The van der Waals surface area contributed by atoms with Crippen LogP contribution >= 0.6 is 15.6 Å². The van der Waals surface area contributed by atoms with Crippen LogP contribution in [-0.2, 0) is 65.4 Å². The second-order valence-electron chi connectivity index (χ2n) is 24.7. The maximum atomic E-state index is 13.0. The molecule has 0 rings (SSSR count). The number of ether oxygens (including phenoxy) is 4. The van der Waals surface area contributed by atoms with Crippen LogP contribution in [0.5, 0.6) is 0 Å². The number of phosphoric acid groups is 2. The molecule has 0 amide bonds. The molecule has 0 saturated heterocycles. The van der Waals surface area contributed by atoms with Crippen LogP contribution in [-0.4, -0.2) is 96.7 Å². The van der Waals surface area contributed by atoms with Crippen molar-refractivity contribution in [2.75, 3.05) is 39.6 Å². The molecule has 0 heterocycles. The Hall–Kier alpha value is -1.94. The van der Waals surface area contributed by atoms with E-state index in [9.17, 15) is 43.2 Å². The van der Waals surface area contributed by atoms with E-state index in [0.717, 1.165) is 109 Å². The molecule has 5 atom stereocenters. The lowest BCUT2D eigenvalue weighted by atomic mass is 10.0. The fraction of sp³-hybridized carbons (Fsp3) is 0.940. The van der Waals surface area contributed by atoms with Crippen molar-refractivity contribution in [3.63, 3.8) is 0 Å². The highest BCUT2D eigenvalue weighted by Gasteiger charge is 2.30. The first kappa shape index (κ1) is 84.1. The van der Waals surface area contributed by atoms with Gasteiger partial charge in [0.1, 0.15) is 19.3 Å². The summed E-state index contributed by atoms with van der Waals surface area (Å²) in [5.74, 6) is -1.35. The molecule has 0 spiro atoms. The third-order valence-electron chi connectivity index (χ3n) is 15.5. The lowest BCUT2D eigenvalue weighted by Gasteiger charge is -2.21. The Morgan fingerprint density at radius 1 is 0.314 bits per heavy atom. The molecule has 3 N–H and O–H groups in total. The van der Waals surface area contributed by atoms with E-state index in [0.29, 0.717) is 25.7 Å². The van der Waals surface area contributed by atoms with Crippen molar-refractivity contribution in [1.82, 2.24) is 0 Å². The van der Waals surface area contributed by atoms with Gasteiger partial charge in [0.25, 0.3) is 0 Å². The zero-order valence-corrected chi connectivity index (χ0v) is 57.2. The maximum Gasteiger partial charge on any atom is 0.472 e. The summed E-state index contributed by atoms with van der Waals surface area (Å²) in [5.41, 5.74) is 0. The fourth-order valence-corrected chi connectivity index (χ4v) is 11.7. The molecule has 0 aliphatic rings. The SMILES string of the molecule is CCCCCCCCCCCCCCC(=O)OC[C@H](COP(=O)(O)OC[C@@H](O)COP(=O)(O)OC[C@@H](COC(=O)CCCCCCCCC)OC(=O)CCCCCCCCCCCCCC)OC(=O)CCCCCCCCCCCCCCC(C)C. The van der Waals surface area contributed by atoms with Gasteiger partial charge >= 0.3 is 39.5 Å². The monoisotopic (exact) mass is 1270 g/mol. The number of carbonyl (C=O) groups is 4. The maximum absolute atomic E-state index is 13.0. The molecule has 17 nitrogen and oxygen atoms in total. The van der Waals surface area contributed by atoms with Gasteiger partial charge in [-0.2, -0.15) is 0 Å².